The van der Waals surface area contributed by atoms with Crippen molar-refractivity contribution >= 4 is 12.6 Å². The quantitative estimate of drug-likeness (QED) is 0.656. The predicted molar refractivity (Wildman–Crippen MR) is 58.6 cm³/mol. The molecule has 4 heteroatoms. The van der Waals surface area contributed by atoms with Crippen LogP contribution in [-0.4, -0.2) is 15.2 Å². The Hall–Kier alpha value is -0.740. The average molecular weight is 213 g/mol. The zero-order valence-corrected chi connectivity index (χ0v) is 9.47. The maximum absolute atomic E-state index is 9.69. The van der Waals surface area contributed by atoms with Gasteiger partial charge in [-0.3, -0.25) is 4.98 Å². The lowest BCUT2D eigenvalue weighted by Gasteiger charge is -2.21. The molecule has 0 aliphatic rings. The van der Waals surface area contributed by atoms with Crippen LogP contribution in [0.2, 0.25) is 0 Å². The average Bonchev–Trinajstić information content (AvgIpc) is 2.07. The van der Waals surface area contributed by atoms with Gasteiger partial charge >= 0.3 is 0 Å². The highest BCUT2D eigenvalue weighted by atomic mass is 32.1. The summed E-state index contributed by atoms with van der Waals surface area (Å²) in [7, 11) is 0. The summed E-state index contributed by atoms with van der Waals surface area (Å²) in [4.78, 5) is 4.04. The van der Waals surface area contributed by atoms with E-state index in [2.05, 4.69) is 17.6 Å². The van der Waals surface area contributed by atoms with Crippen molar-refractivity contribution in [1.82, 2.24) is 4.98 Å². The van der Waals surface area contributed by atoms with Crippen LogP contribution in [-0.2, 0) is 11.4 Å². The van der Waals surface area contributed by atoms with Crippen LogP contribution in [0.25, 0.3) is 0 Å². The summed E-state index contributed by atoms with van der Waals surface area (Å²) in [5, 5.41) is 18.9. The summed E-state index contributed by atoms with van der Waals surface area (Å²) in [5.74, 6) is 0.0622. The third-order valence-electron chi connectivity index (χ3n) is 2.16. The summed E-state index contributed by atoms with van der Waals surface area (Å²) in [6.45, 7) is 5.28. The second-order valence-electron chi connectivity index (χ2n) is 3.80. The predicted octanol–water partition coefficient (Wildman–Crippen LogP) is 1.75. The van der Waals surface area contributed by atoms with E-state index in [4.69, 9.17) is 5.11 Å². The van der Waals surface area contributed by atoms with Crippen LogP contribution in [0, 0.1) is 6.92 Å². The smallest absolute Gasteiger partial charge is 0.142 e. The monoisotopic (exact) mass is 213 g/mol. The Balaban J connectivity index is 3.39. The Bertz CT molecular complexity index is 345. The zero-order valence-electron chi connectivity index (χ0n) is 8.57. The van der Waals surface area contributed by atoms with Crippen LogP contribution in [0.1, 0.15) is 30.7 Å². The first-order valence-electron chi connectivity index (χ1n) is 4.39. The second kappa shape index (κ2) is 3.79. The lowest BCUT2D eigenvalue weighted by molar-refractivity contribution is 0.272. The largest absolute Gasteiger partial charge is 0.506 e. The maximum atomic E-state index is 9.69. The van der Waals surface area contributed by atoms with Gasteiger partial charge in [-0.25, -0.2) is 0 Å². The summed E-state index contributed by atoms with van der Waals surface area (Å²) >= 11 is 4.39. The number of hydrogen-bond donors (Lipinski definition) is 3. The van der Waals surface area contributed by atoms with Gasteiger partial charge in [-0.15, -0.1) is 0 Å². The molecule has 78 valence electrons. The molecule has 0 aliphatic heterocycles. The Kier molecular flexibility index (Phi) is 3.07. The molecule has 0 saturated heterocycles. The van der Waals surface area contributed by atoms with Crippen molar-refractivity contribution in [3.05, 3.63) is 23.0 Å². The molecule has 0 fully saturated rings. The van der Waals surface area contributed by atoms with Gasteiger partial charge < -0.3 is 10.2 Å². The van der Waals surface area contributed by atoms with Crippen LogP contribution < -0.4 is 0 Å². The van der Waals surface area contributed by atoms with E-state index in [1.807, 2.05) is 13.8 Å². The number of hydrogen-bond acceptors (Lipinski definition) is 4. The molecule has 1 aromatic heterocycles. The van der Waals surface area contributed by atoms with Crippen LogP contribution in [0.15, 0.2) is 6.20 Å². The number of pyridine rings is 1. The Morgan fingerprint density at radius 3 is 2.50 bits per heavy atom. The fraction of sp³-hybridized carbons (Fsp3) is 0.500. The number of aliphatic hydroxyl groups excluding tert-OH is 1. The van der Waals surface area contributed by atoms with Crippen molar-refractivity contribution in [1.29, 1.82) is 0 Å². The van der Waals surface area contributed by atoms with Crippen LogP contribution in [0.4, 0.5) is 0 Å². The molecule has 0 unspecified atom stereocenters. The van der Waals surface area contributed by atoms with E-state index >= 15 is 0 Å². The first-order chi connectivity index (χ1) is 6.38. The highest BCUT2D eigenvalue weighted by Crippen LogP contribution is 2.34. The fourth-order valence-electron chi connectivity index (χ4n) is 1.33. The van der Waals surface area contributed by atoms with Gasteiger partial charge in [-0.05, 0) is 26.3 Å². The molecule has 0 radical (unpaired) electrons. The molecule has 0 bridgehead atoms. The standard InChI is InChI=1S/C10H15NO2S/c1-6-9(13)7(5-12)8(4-11-6)10(2,3)14/h4,12-14H,5H2,1-3H3. The minimum absolute atomic E-state index is 0.0622. The van der Waals surface area contributed by atoms with E-state index in [0.29, 0.717) is 11.3 Å². The van der Waals surface area contributed by atoms with Gasteiger partial charge in [0.15, 0.2) is 0 Å². The van der Waals surface area contributed by atoms with Crippen LogP contribution in [0.3, 0.4) is 0 Å². The molecule has 0 saturated carbocycles. The van der Waals surface area contributed by atoms with Crippen molar-refractivity contribution in [3.63, 3.8) is 0 Å². The molecule has 3 nitrogen and oxygen atoms in total. The molecule has 0 spiro atoms. The summed E-state index contributed by atoms with van der Waals surface area (Å²) in [6.07, 6.45) is 1.65. The Morgan fingerprint density at radius 1 is 1.50 bits per heavy atom. The number of aromatic hydroxyl groups is 1. The summed E-state index contributed by atoms with van der Waals surface area (Å²) < 4.78 is -0.420. The number of thiol groups is 1. The minimum Gasteiger partial charge on any atom is -0.506 e. The van der Waals surface area contributed by atoms with E-state index in [1.54, 1.807) is 13.1 Å². The molecule has 1 aromatic rings. The van der Waals surface area contributed by atoms with Crippen LogP contribution >= 0.6 is 12.6 Å². The van der Waals surface area contributed by atoms with Crippen LogP contribution in [0.5, 0.6) is 5.75 Å². The molecule has 1 heterocycles. The van der Waals surface area contributed by atoms with E-state index in [0.717, 1.165) is 5.56 Å². The molecule has 0 atom stereocenters. The van der Waals surface area contributed by atoms with E-state index in [9.17, 15) is 5.11 Å². The van der Waals surface area contributed by atoms with E-state index in [1.165, 1.54) is 0 Å². The topological polar surface area (TPSA) is 53.4 Å². The van der Waals surface area contributed by atoms with Gasteiger partial charge in [0.05, 0.1) is 12.3 Å². The van der Waals surface area contributed by atoms with Gasteiger partial charge in [0.2, 0.25) is 0 Å². The molecule has 0 aliphatic carbocycles. The van der Waals surface area contributed by atoms with Crippen molar-refractivity contribution in [2.24, 2.45) is 0 Å². The number of rotatable bonds is 2. The summed E-state index contributed by atoms with van der Waals surface area (Å²) in [6, 6.07) is 0. The van der Waals surface area contributed by atoms with E-state index in [-0.39, 0.29) is 12.4 Å². The minimum atomic E-state index is -0.420. The highest BCUT2D eigenvalue weighted by Gasteiger charge is 2.22. The number of aryl methyl sites for hydroxylation is 1. The first-order valence-corrected chi connectivity index (χ1v) is 4.83. The lowest BCUT2D eigenvalue weighted by Crippen LogP contribution is -2.12. The molecular weight excluding hydrogens is 198 g/mol. The molecule has 2 N–H and O–H groups in total. The van der Waals surface area contributed by atoms with E-state index < -0.39 is 4.75 Å². The van der Waals surface area contributed by atoms with Gasteiger partial charge in [-0.2, -0.15) is 12.6 Å². The van der Waals surface area contributed by atoms with Gasteiger partial charge in [0, 0.05) is 16.5 Å². The van der Waals surface area contributed by atoms with Gasteiger partial charge in [0.25, 0.3) is 0 Å². The van der Waals surface area contributed by atoms with Gasteiger partial charge in [-0.1, -0.05) is 0 Å². The SMILES string of the molecule is Cc1ncc(C(C)(C)S)c(CO)c1O. The molecule has 1 rings (SSSR count). The number of nitrogens with zero attached hydrogens (tertiary/aromatic N) is 1. The number of aliphatic hydroxyl groups is 1. The molecular formula is C10H15NO2S. The molecule has 14 heavy (non-hydrogen) atoms. The molecule has 0 aromatic carbocycles. The zero-order chi connectivity index (χ0) is 10.9. The van der Waals surface area contributed by atoms with Crippen molar-refractivity contribution < 1.29 is 10.2 Å². The Morgan fingerprint density at radius 2 is 2.07 bits per heavy atom. The number of aromatic nitrogens is 1. The first kappa shape index (κ1) is 11.3. The van der Waals surface area contributed by atoms with Crippen molar-refractivity contribution in [2.45, 2.75) is 32.1 Å². The van der Waals surface area contributed by atoms with Gasteiger partial charge in [0.1, 0.15) is 5.75 Å². The highest BCUT2D eigenvalue weighted by molar-refractivity contribution is 7.81. The van der Waals surface area contributed by atoms with Crippen molar-refractivity contribution in [2.75, 3.05) is 0 Å². The third-order valence-corrected chi connectivity index (χ3v) is 2.40. The lowest BCUT2D eigenvalue weighted by atomic mass is 9.97. The maximum Gasteiger partial charge on any atom is 0.142 e. The summed E-state index contributed by atoms with van der Waals surface area (Å²) in [5.41, 5.74) is 1.79. The molecule has 0 amide bonds. The second-order valence-corrected chi connectivity index (χ2v) is 4.92. The normalized spacial score (nSPS) is 11.8. The van der Waals surface area contributed by atoms with Crippen molar-refractivity contribution in [3.8, 4) is 5.75 Å². The third kappa shape index (κ3) is 2.01. The fourth-order valence-corrected chi connectivity index (χ4v) is 1.53. The Labute approximate surface area is 89.2 Å².